The van der Waals surface area contributed by atoms with E-state index in [0.29, 0.717) is 43.7 Å². The van der Waals surface area contributed by atoms with Crippen molar-refractivity contribution in [2.45, 2.75) is 39.5 Å². The Hall–Kier alpha value is -3.66. The number of rotatable bonds is 8. The molecule has 0 N–H and O–H groups in total. The number of carbonyl (C=O) groups excluding carboxylic acids is 1. The minimum Gasteiger partial charge on any atom is -0.496 e. The number of fused-ring (bicyclic) bond motifs is 1. The van der Waals surface area contributed by atoms with Crippen LogP contribution in [-0.2, 0) is 16.1 Å². The zero-order valence-corrected chi connectivity index (χ0v) is 26.5. The van der Waals surface area contributed by atoms with Gasteiger partial charge in [-0.25, -0.2) is 9.79 Å². The minimum atomic E-state index is -0.795. The summed E-state index contributed by atoms with van der Waals surface area (Å²) in [6.45, 7) is 5.70. The zero-order chi connectivity index (χ0) is 30.0. The number of benzene rings is 3. The molecule has 3 aromatic carbocycles. The quantitative estimate of drug-likeness (QED) is 0.210. The first-order valence-electron chi connectivity index (χ1n) is 13.2. The normalized spacial score (nSPS) is 14.9. The number of carbonyl (C=O) groups is 1. The van der Waals surface area contributed by atoms with Gasteiger partial charge in [-0.2, -0.15) is 0 Å². The van der Waals surface area contributed by atoms with Crippen molar-refractivity contribution in [1.82, 2.24) is 4.57 Å². The van der Waals surface area contributed by atoms with Gasteiger partial charge in [-0.05, 0) is 80.4 Å². The van der Waals surface area contributed by atoms with Gasteiger partial charge in [0.05, 0.1) is 29.0 Å². The van der Waals surface area contributed by atoms with Crippen LogP contribution < -0.4 is 24.4 Å². The van der Waals surface area contributed by atoms with E-state index in [1.54, 1.807) is 44.6 Å². The number of methoxy groups -OCH3 is 1. The SMILES string of the molecule is COc1ccc(Br)cc1[C@@H]1C(C(=O)OC(C)C)=C(C)N=c2s/c(=C\c3cccc(OCc4ccc(Cl)cc4)c3)c(=O)n21. The molecule has 0 saturated heterocycles. The Morgan fingerprint density at radius 3 is 2.62 bits per heavy atom. The lowest BCUT2D eigenvalue weighted by Crippen LogP contribution is -2.40. The van der Waals surface area contributed by atoms with E-state index in [4.69, 9.17) is 25.8 Å². The van der Waals surface area contributed by atoms with Gasteiger partial charge >= 0.3 is 5.97 Å². The van der Waals surface area contributed by atoms with Crippen molar-refractivity contribution in [2.75, 3.05) is 7.11 Å². The Kier molecular flexibility index (Phi) is 9.01. The van der Waals surface area contributed by atoms with Crippen LogP contribution in [0.5, 0.6) is 11.5 Å². The number of nitrogens with zero attached hydrogens (tertiary/aromatic N) is 2. The first-order valence-corrected chi connectivity index (χ1v) is 15.2. The molecule has 216 valence electrons. The highest BCUT2D eigenvalue weighted by Crippen LogP contribution is 2.37. The number of esters is 1. The van der Waals surface area contributed by atoms with Crippen LogP contribution in [0.25, 0.3) is 6.08 Å². The highest BCUT2D eigenvalue weighted by atomic mass is 79.9. The number of hydrogen-bond donors (Lipinski definition) is 0. The van der Waals surface area contributed by atoms with Crippen molar-refractivity contribution in [3.05, 3.63) is 124 Å². The number of thiazole rings is 1. The number of ether oxygens (including phenoxy) is 3. The summed E-state index contributed by atoms with van der Waals surface area (Å²) in [6, 6.07) is 19.7. The van der Waals surface area contributed by atoms with Crippen molar-refractivity contribution in [3.63, 3.8) is 0 Å². The van der Waals surface area contributed by atoms with E-state index >= 15 is 0 Å². The zero-order valence-electron chi connectivity index (χ0n) is 23.4. The summed E-state index contributed by atoms with van der Waals surface area (Å²) in [5.74, 6) is 0.670. The minimum absolute atomic E-state index is 0.277. The fraction of sp³-hybridized carbons (Fsp3) is 0.219. The van der Waals surface area contributed by atoms with E-state index < -0.39 is 12.0 Å². The maximum atomic E-state index is 14.0. The smallest absolute Gasteiger partial charge is 0.338 e. The molecule has 10 heteroatoms. The van der Waals surface area contributed by atoms with E-state index in [-0.39, 0.29) is 17.2 Å². The lowest BCUT2D eigenvalue weighted by molar-refractivity contribution is -0.143. The van der Waals surface area contributed by atoms with Crippen molar-refractivity contribution >= 4 is 50.9 Å². The first kappa shape index (κ1) is 29.8. The van der Waals surface area contributed by atoms with Crippen molar-refractivity contribution in [1.29, 1.82) is 0 Å². The van der Waals surface area contributed by atoms with Crippen molar-refractivity contribution in [3.8, 4) is 11.5 Å². The van der Waals surface area contributed by atoms with E-state index in [9.17, 15) is 9.59 Å². The summed E-state index contributed by atoms with van der Waals surface area (Å²) in [5.41, 5.74) is 2.92. The summed E-state index contributed by atoms with van der Waals surface area (Å²) in [4.78, 5) is 32.6. The van der Waals surface area contributed by atoms with Gasteiger partial charge in [0, 0.05) is 15.1 Å². The van der Waals surface area contributed by atoms with E-state index in [2.05, 4.69) is 20.9 Å². The van der Waals surface area contributed by atoms with Crippen molar-refractivity contribution in [2.24, 2.45) is 4.99 Å². The van der Waals surface area contributed by atoms with Gasteiger partial charge in [0.25, 0.3) is 5.56 Å². The molecule has 1 aromatic heterocycles. The Bertz CT molecular complexity index is 1860. The molecule has 0 aliphatic carbocycles. The van der Waals surface area contributed by atoms with Crippen molar-refractivity contribution < 1.29 is 19.0 Å². The molecule has 2 heterocycles. The Morgan fingerprint density at radius 1 is 1.14 bits per heavy atom. The number of aromatic nitrogens is 1. The second kappa shape index (κ2) is 12.7. The predicted molar refractivity (Wildman–Crippen MR) is 168 cm³/mol. The second-order valence-corrected chi connectivity index (χ2v) is 12.3. The standard InChI is InChI=1S/C32H28BrClN2O5S/c1-18(2)41-31(38)28-19(3)35-32-36(29(28)25-16-22(33)10-13-26(25)39-4)30(37)27(42-32)15-21-6-5-7-24(14-21)40-17-20-8-11-23(34)12-9-20/h5-16,18,29H,17H2,1-4H3/b27-15-/t29-/m1/s1. The first-order chi connectivity index (χ1) is 20.1. The van der Waals surface area contributed by atoms with Crippen LogP contribution >= 0.6 is 38.9 Å². The molecule has 1 atom stereocenters. The molecule has 0 saturated carbocycles. The van der Waals surface area contributed by atoms with Crippen LogP contribution in [0.4, 0.5) is 0 Å². The summed E-state index contributed by atoms with van der Waals surface area (Å²) in [5, 5.41) is 0.668. The van der Waals surface area contributed by atoms with E-state index in [1.165, 1.54) is 11.3 Å². The molecular weight excluding hydrogens is 640 g/mol. The molecule has 0 spiro atoms. The van der Waals surface area contributed by atoms with Crippen LogP contribution in [0.3, 0.4) is 0 Å². The van der Waals surface area contributed by atoms with Crippen LogP contribution in [0.2, 0.25) is 5.02 Å². The van der Waals surface area contributed by atoms with E-state index in [0.717, 1.165) is 15.6 Å². The Labute approximate surface area is 260 Å². The highest BCUT2D eigenvalue weighted by molar-refractivity contribution is 9.10. The molecule has 0 fully saturated rings. The second-order valence-electron chi connectivity index (χ2n) is 9.91. The maximum Gasteiger partial charge on any atom is 0.338 e. The highest BCUT2D eigenvalue weighted by Gasteiger charge is 2.35. The van der Waals surface area contributed by atoms with Crippen LogP contribution in [0.15, 0.2) is 92.3 Å². The molecule has 4 aromatic rings. The number of halogens is 2. The Balaban J connectivity index is 1.58. The molecule has 1 aliphatic heterocycles. The van der Waals surface area contributed by atoms with Crippen LogP contribution in [0.1, 0.15) is 43.5 Å². The molecule has 5 rings (SSSR count). The van der Waals surface area contributed by atoms with Crippen LogP contribution in [0, 0.1) is 0 Å². The monoisotopic (exact) mass is 666 g/mol. The summed E-state index contributed by atoms with van der Waals surface area (Å²) in [6.07, 6.45) is 1.46. The van der Waals surface area contributed by atoms with Gasteiger partial charge in [-0.1, -0.05) is 63.1 Å². The summed E-state index contributed by atoms with van der Waals surface area (Å²) in [7, 11) is 1.56. The maximum absolute atomic E-state index is 14.0. The van der Waals surface area contributed by atoms with Gasteiger partial charge in [0.1, 0.15) is 24.1 Å². The number of allylic oxidation sites excluding steroid dienone is 1. The van der Waals surface area contributed by atoms with Crippen LogP contribution in [-0.4, -0.2) is 23.8 Å². The largest absolute Gasteiger partial charge is 0.496 e. The molecule has 0 radical (unpaired) electrons. The molecule has 1 aliphatic rings. The van der Waals surface area contributed by atoms with Gasteiger partial charge in [-0.3, -0.25) is 9.36 Å². The number of hydrogen-bond acceptors (Lipinski definition) is 7. The molecule has 0 bridgehead atoms. The predicted octanol–water partition coefficient (Wildman–Crippen LogP) is 6.19. The van der Waals surface area contributed by atoms with Gasteiger partial charge < -0.3 is 14.2 Å². The average molecular weight is 668 g/mol. The molecule has 0 amide bonds. The van der Waals surface area contributed by atoms with Gasteiger partial charge in [0.2, 0.25) is 0 Å². The topological polar surface area (TPSA) is 79.1 Å². The third-order valence-electron chi connectivity index (χ3n) is 6.55. The molecule has 0 unspecified atom stereocenters. The fourth-order valence-corrected chi connectivity index (χ4v) is 6.22. The third kappa shape index (κ3) is 6.38. The lowest BCUT2D eigenvalue weighted by atomic mass is 9.95. The molecular formula is C32H28BrClN2O5S. The molecule has 42 heavy (non-hydrogen) atoms. The molecule has 7 nitrogen and oxygen atoms in total. The lowest BCUT2D eigenvalue weighted by Gasteiger charge is -2.26. The fourth-order valence-electron chi connectivity index (χ4n) is 4.67. The summed E-state index contributed by atoms with van der Waals surface area (Å²) < 4.78 is 20.0. The average Bonchev–Trinajstić information content (AvgIpc) is 3.25. The Morgan fingerprint density at radius 2 is 1.90 bits per heavy atom. The van der Waals surface area contributed by atoms with Gasteiger partial charge in [-0.15, -0.1) is 0 Å². The van der Waals surface area contributed by atoms with Gasteiger partial charge in [0.15, 0.2) is 4.80 Å². The third-order valence-corrected chi connectivity index (χ3v) is 8.27. The van der Waals surface area contributed by atoms with E-state index in [1.807, 2.05) is 60.7 Å². The summed E-state index contributed by atoms with van der Waals surface area (Å²) >= 11 is 10.8.